The summed E-state index contributed by atoms with van der Waals surface area (Å²) in [5, 5.41) is 8.86. The average Bonchev–Trinajstić information content (AvgIpc) is 3.35. The van der Waals surface area contributed by atoms with Crippen LogP contribution in [0.15, 0.2) is 11.2 Å². The fourth-order valence-electron chi connectivity index (χ4n) is 3.49. The lowest BCUT2D eigenvalue weighted by Gasteiger charge is -2.14. The number of nitrogens with zero attached hydrogens (tertiary/aromatic N) is 4. The maximum Gasteiger partial charge on any atom is 0.217 e. The van der Waals surface area contributed by atoms with E-state index in [4.69, 9.17) is 10.5 Å². The van der Waals surface area contributed by atoms with E-state index in [2.05, 4.69) is 14.8 Å². The van der Waals surface area contributed by atoms with E-state index in [9.17, 15) is 9.59 Å². The molecule has 0 saturated carbocycles. The number of hydrogen-bond donors (Lipinski definition) is 1. The number of carbonyl (C=O) groups is 2. The first kappa shape index (κ1) is 20.6. The minimum Gasteiger partial charge on any atom is -0.376 e. The van der Waals surface area contributed by atoms with E-state index in [0.29, 0.717) is 17.4 Å². The van der Waals surface area contributed by atoms with Crippen LogP contribution in [0, 0.1) is 13.8 Å². The fraction of sp³-hybridized carbons (Fsp3) is 0.579. The molecule has 1 aliphatic rings. The second kappa shape index (κ2) is 8.91. The Labute approximate surface area is 168 Å². The second-order valence-corrected chi connectivity index (χ2v) is 8.11. The number of amides is 1. The van der Waals surface area contributed by atoms with Gasteiger partial charge in [-0.1, -0.05) is 11.8 Å². The van der Waals surface area contributed by atoms with Gasteiger partial charge < -0.3 is 19.6 Å². The number of nitrogens with two attached hydrogens (primary N) is 1. The van der Waals surface area contributed by atoms with E-state index in [1.165, 1.54) is 11.8 Å². The van der Waals surface area contributed by atoms with Crippen molar-refractivity contribution in [2.75, 3.05) is 12.4 Å². The molecular weight excluding hydrogens is 378 g/mol. The monoisotopic (exact) mass is 405 g/mol. The summed E-state index contributed by atoms with van der Waals surface area (Å²) in [6, 6.07) is 1.96. The number of thioether (sulfide) groups is 1. The van der Waals surface area contributed by atoms with Crippen molar-refractivity contribution in [3.05, 3.63) is 28.8 Å². The molecule has 8 nitrogen and oxygen atoms in total. The number of aryl methyl sites for hydroxylation is 2. The van der Waals surface area contributed by atoms with Gasteiger partial charge in [-0.25, -0.2) is 0 Å². The predicted molar refractivity (Wildman–Crippen MR) is 106 cm³/mol. The second-order valence-electron chi connectivity index (χ2n) is 7.17. The molecule has 3 rings (SSSR count). The number of ketones is 1. The van der Waals surface area contributed by atoms with Crippen LogP contribution in [-0.2, 0) is 29.5 Å². The van der Waals surface area contributed by atoms with Gasteiger partial charge in [-0.3, -0.25) is 9.59 Å². The summed E-state index contributed by atoms with van der Waals surface area (Å²) in [4.78, 5) is 23.7. The summed E-state index contributed by atoms with van der Waals surface area (Å²) < 4.78 is 9.72. The minimum absolute atomic E-state index is 0.0679. The third-order valence-corrected chi connectivity index (χ3v) is 6.16. The molecule has 28 heavy (non-hydrogen) atoms. The van der Waals surface area contributed by atoms with Crippen molar-refractivity contribution < 1.29 is 14.3 Å². The van der Waals surface area contributed by atoms with Gasteiger partial charge in [0.25, 0.3) is 0 Å². The van der Waals surface area contributed by atoms with Gasteiger partial charge in [0, 0.05) is 50.0 Å². The highest BCUT2D eigenvalue weighted by Crippen LogP contribution is 2.23. The smallest absolute Gasteiger partial charge is 0.217 e. The van der Waals surface area contributed by atoms with Crippen molar-refractivity contribution in [1.29, 1.82) is 0 Å². The van der Waals surface area contributed by atoms with Gasteiger partial charge in [-0.05, 0) is 32.8 Å². The SMILES string of the molecule is Cc1cc(C(=O)CSc2nnc(CCC(N)=O)n2C)c(C)n1C[C@@H]1CCCO1. The quantitative estimate of drug-likeness (QED) is 0.504. The van der Waals surface area contributed by atoms with E-state index >= 15 is 0 Å². The summed E-state index contributed by atoms with van der Waals surface area (Å²) in [5.41, 5.74) is 8.00. The lowest BCUT2D eigenvalue weighted by Crippen LogP contribution is -2.17. The Balaban J connectivity index is 1.63. The largest absolute Gasteiger partial charge is 0.376 e. The third kappa shape index (κ3) is 4.64. The van der Waals surface area contributed by atoms with Crippen LogP contribution in [0.4, 0.5) is 0 Å². The van der Waals surface area contributed by atoms with Gasteiger partial charge in [0.2, 0.25) is 5.91 Å². The molecular formula is C19H27N5O3S. The van der Waals surface area contributed by atoms with Gasteiger partial charge in [0.1, 0.15) is 5.82 Å². The molecule has 1 saturated heterocycles. The van der Waals surface area contributed by atoms with Gasteiger partial charge >= 0.3 is 0 Å². The Morgan fingerprint density at radius 1 is 1.36 bits per heavy atom. The van der Waals surface area contributed by atoms with Crippen molar-refractivity contribution in [3.63, 3.8) is 0 Å². The Bertz CT molecular complexity index is 867. The average molecular weight is 406 g/mol. The Kier molecular flexibility index (Phi) is 6.56. The number of ether oxygens (including phenoxy) is 1. The lowest BCUT2D eigenvalue weighted by atomic mass is 10.2. The summed E-state index contributed by atoms with van der Waals surface area (Å²) in [7, 11) is 1.83. The Morgan fingerprint density at radius 2 is 2.14 bits per heavy atom. The standard InChI is InChI=1S/C19H27N5O3S/c1-12-9-15(13(2)24(12)10-14-5-4-8-27-14)16(25)11-28-19-22-21-18(23(19)3)7-6-17(20)26/h9,14H,4-8,10-11H2,1-3H3,(H2,20,26)/t14-/m0/s1. The predicted octanol–water partition coefficient (Wildman–Crippen LogP) is 1.81. The fourth-order valence-corrected chi connectivity index (χ4v) is 4.30. The zero-order valence-electron chi connectivity index (χ0n) is 16.6. The zero-order valence-corrected chi connectivity index (χ0v) is 17.4. The summed E-state index contributed by atoms with van der Waals surface area (Å²) in [5.74, 6) is 0.666. The van der Waals surface area contributed by atoms with Crippen LogP contribution in [-0.4, -0.2) is 49.5 Å². The number of primary amides is 1. The first-order chi connectivity index (χ1) is 13.4. The van der Waals surface area contributed by atoms with E-state index in [1.807, 2.05) is 31.5 Å². The van der Waals surface area contributed by atoms with Crippen LogP contribution in [0.2, 0.25) is 0 Å². The molecule has 0 spiro atoms. The molecule has 2 aromatic rings. The number of hydrogen-bond acceptors (Lipinski definition) is 6. The maximum atomic E-state index is 12.8. The molecule has 2 aromatic heterocycles. The normalized spacial score (nSPS) is 16.6. The molecule has 1 aliphatic heterocycles. The van der Waals surface area contributed by atoms with E-state index < -0.39 is 0 Å². The molecule has 3 heterocycles. The first-order valence-electron chi connectivity index (χ1n) is 9.47. The van der Waals surface area contributed by atoms with Gasteiger partial charge in [0.15, 0.2) is 10.9 Å². The topological polar surface area (TPSA) is 105 Å². The molecule has 1 amide bonds. The summed E-state index contributed by atoms with van der Waals surface area (Å²) >= 11 is 1.35. The highest BCUT2D eigenvalue weighted by Gasteiger charge is 2.21. The van der Waals surface area contributed by atoms with Crippen molar-refractivity contribution in [3.8, 4) is 0 Å². The van der Waals surface area contributed by atoms with Crippen LogP contribution >= 0.6 is 11.8 Å². The number of Topliss-reactive ketones (excluding diaryl/α,β-unsaturated/α-hetero) is 1. The van der Waals surface area contributed by atoms with Crippen LogP contribution in [0.3, 0.4) is 0 Å². The van der Waals surface area contributed by atoms with Crippen LogP contribution in [0.5, 0.6) is 0 Å². The number of aromatic nitrogens is 4. The molecule has 0 radical (unpaired) electrons. The Morgan fingerprint density at radius 3 is 2.82 bits per heavy atom. The van der Waals surface area contributed by atoms with E-state index in [1.54, 1.807) is 0 Å². The molecule has 9 heteroatoms. The molecule has 1 atom stereocenters. The third-order valence-electron chi connectivity index (χ3n) is 5.14. The first-order valence-corrected chi connectivity index (χ1v) is 10.5. The van der Waals surface area contributed by atoms with Crippen LogP contribution in [0.1, 0.15) is 46.8 Å². The van der Waals surface area contributed by atoms with Gasteiger partial charge in [-0.15, -0.1) is 10.2 Å². The number of rotatable bonds is 9. The van der Waals surface area contributed by atoms with Crippen molar-refractivity contribution >= 4 is 23.5 Å². The lowest BCUT2D eigenvalue weighted by molar-refractivity contribution is -0.118. The molecule has 0 unspecified atom stereocenters. The molecule has 1 fully saturated rings. The molecule has 0 bridgehead atoms. The van der Waals surface area contributed by atoms with Crippen LogP contribution in [0.25, 0.3) is 0 Å². The van der Waals surface area contributed by atoms with E-state index in [-0.39, 0.29) is 30.0 Å². The Hall–Kier alpha value is -2.13. The van der Waals surface area contributed by atoms with Crippen molar-refractivity contribution in [2.24, 2.45) is 12.8 Å². The van der Waals surface area contributed by atoms with Crippen molar-refractivity contribution in [1.82, 2.24) is 19.3 Å². The molecule has 0 aromatic carbocycles. The highest BCUT2D eigenvalue weighted by atomic mass is 32.2. The van der Waals surface area contributed by atoms with Gasteiger partial charge in [-0.2, -0.15) is 0 Å². The molecule has 2 N–H and O–H groups in total. The molecule has 152 valence electrons. The minimum atomic E-state index is -0.370. The summed E-state index contributed by atoms with van der Waals surface area (Å²) in [6.07, 6.45) is 3.08. The van der Waals surface area contributed by atoms with Crippen LogP contribution < -0.4 is 5.73 Å². The molecule has 0 aliphatic carbocycles. The zero-order chi connectivity index (χ0) is 20.3. The maximum absolute atomic E-state index is 12.8. The van der Waals surface area contributed by atoms with E-state index in [0.717, 1.165) is 42.9 Å². The van der Waals surface area contributed by atoms with Crippen molar-refractivity contribution in [2.45, 2.75) is 57.3 Å². The summed E-state index contributed by atoms with van der Waals surface area (Å²) in [6.45, 7) is 5.64. The number of carbonyl (C=O) groups excluding carboxylic acids is 2. The highest BCUT2D eigenvalue weighted by molar-refractivity contribution is 7.99. The van der Waals surface area contributed by atoms with Gasteiger partial charge in [0.05, 0.1) is 11.9 Å².